The van der Waals surface area contributed by atoms with Crippen LogP contribution in [0.2, 0.25) is 0 Å². The second-order valence-corrected chi connectivity index (χ2v) is 6.46. The summed E-state index contributed by atoms with van der Waals surface area (Å²) < 4.78 is 2.14. The van der Waals surface area contributed by atoms with Gasteiger partial charge in [0.15, 0.2) is 5.82 Å². The van der Waals surface area contributed by atoms with Crippen LogP contribution in [0.4, 0.5) is 0 Å². The molecule has 0 bridgehead atoms. The zero-order chi connectivity index (χ0) is 13.9. The van der Waals surface area contributed by atoms with Crippen molar-refractivity contribution in [2.24, 2.45) is 5.92 Å². The Morgan fingerprint density at radius 2 is 2.10 bits per heavy atom. The SMILES string of the molecule is CCc1nc2n(n1)CCC[C@@H]2N[C@H]1CCC[C@H](CC)C1. The molecule has 3 rings (SSSR count). The maximum absolute atomic E-state index is 4.74. The minimum atomic E-state index is 0.428. The van der Waals surface area contributed by atoms with Crippen LogP contribution in [0.5, 0.6) is 0 Å². The van der Waals surface area contributed by atoms with Crippen molar-refractivity contribution in [1.29, 1.82) is 0 Å². The summed E-state index contributed by atoms with van der Waals surface area (Å²) in [5.74, 6) is 3.12. The largest absolute Gasteiger partial charge is 0.304 e. The summed E-state index contributed by atoms with van der Waals surface area (Å²) in [6.45, 7) is 5.51. The molecule has 0 unspecified atom stereocenters. The maximum Gasteiger partial charge on any atom is 0.150 e. The molecule has 3 atom stereocenters. The van der Waals surface area contributed by atoms with E-state index in [0.717, 1.165) is 24.7 Å². The number of aryl methyl sites for hydroxylation is 2. The highest BCUT2D eigenvalue weighted by Crippen LogP contribution is 2.30. The van der Waals surface area contributed by atoms with Gasteiger partial charge in [-0.05, 0) is 31.6 Å². The Kier molecular flexibility index (Phi) is 4.39. The first-order valence-corrected chi connectivity index (χ1v) is 8.49. The summed E-state index contributed by atoms with van der Waals surface area (Å²) in [5.41, 5.74) is 0. The molecule has 2 aliphatic rings. The van der Waals surface area contributed by atoms with Crippen LogP contribution in [0.1, 0.15) is 76.5 Å². The van der Waals surface area contributed by atoms with E-state index < -0.39 is 0 Å². The Morgan fingerprint density at radius 1 is 1.20 bits per heavy atom. The van der Waals surface area contributed by atoms with Crippen molar-refractivity contribution in [2.75, 3.05) is 0 Å². The zero-order valence-electron chi connectivity index (χ0n) is 12.9. The Hall–Kier alpha value is -0.900. The number of fused-ring (bicyclic) bond motifs is 1. The van der Waals surface area contributed by atoms with Crippen molar-refractivity contribution in [3.63, 3.8) is 0 Å². The van der Waals surface area contributed by atoms with E-state index in [0.29, 0.717) is 12.1 Å². The molecule has 0 spiro atoms. The van der Waals surface area contributed by atoms with E-state index in [-0.39, 0.29) is 0 Å². The Labute approximate surface area is 122 Å². The molecule has 1 fully saturated rings. The van der Waals surface area contributed by atoms with E-state index in [1.54, 1.807) is 0 Å². The molecule has 0 amide bonds. The molecule has 20 heavy (non-hydrogen) atoms. The van der Waals surface area contributed by atoms with Gasteiger partial charge in [-0.15, -0.1) is 0 Å². The van der Waals surface area contributed by atoms with Gasteiger partial charge in [-0.3, -0.25) is 0 Å². The molecule has 112 valence electrons. The molecule has 2 heterocycles. The third-order valence-corrected chi connectivity index (χ3v) is 5.03. The molecule has 1 saturated carbocycles. The van der Waals surface area contributed by atoms with Crippen molar-refractivity contribution < 1.29 is 0 Å². The average molecular weight is 276 g/mol. The number of hydrogen-bond donors (Lipinski definition) is 1. The zero-order valence-corrected chi connectivity index (χ0v) is 12.9. The molecule has 1 aromatic rings. The second kappa shape index (κ2) is 6.25. The van der Waals surface area contributed by atoms with Crippen LogP contribution in [0.15, 0.2) is 0 Å². The predicted octanol–water partition coefficient (Wildman–Crippen LogP) is 3.23. The molecule has 4 heteroatoms. The highest BCUT2D eigenvalue weighted by molar-refractivity contribution is 5.03. The Morgan fingerprint density at radius 3 is 2.90 bits per heavy atom. The molecular weight excluding hydrogens is 248 g/mol. The number of aromatic nitrogens is 3. The lowest BCUT2D eigenvalue weighted by Crippen LogP contribution is -2.39. The van der Waals surface area contributed by atoms with Crippen LogP contribution in [-0.2, 0) is 13.0 Å². The molecule has 4 nitrogen and oxygen atoms in total. The monoisotopic (exact) mass is 276 g/mol. The lowest BCUT2D eigenvalue weighted by molar-refractivity contribution is 0.242. The van der Waals surface area contributed by atoms with Gasteiger partial charge >= 0.3 is 0 Å². The van der Waals surface area contributed by atoms with E-state index in [9.17, 15) is 0 Å². The number of hydrogen-bond acceptors (Lipinski definition) is 3. The van der Waals surface area contributed by atoms with E-state index in [1.165, 1.54) is 50.8 Å². The van der Waals surface area contributed by atoms with Crippen LogP contribution in [-0.4, -0.2) is 20.8 Å². The van der Waals surface area contributed by atoms with Crippen LogP contribution in [0, 0.1) is 5.92 Å². The molecule has 1 aliphatic heterocycles. The van der Waals surface area contributed by atoms with E-state index in [1.807, 2.05) is 0 Å². The summed E-state index contributed by atoms with van der Waals surface area (Å²) >= 11 is 0. The van der Waals surface area contributed by atoms with Crippen molar-refractivity contribution in [1.82, 2.24) is 20.1 Å². The van der Waals surface area contributed by atoms with Gasteiger partial charge in [0.25, 0.3) is 0 Å². The highest BCUT2D eigenvalue weighted by Gasteiger charge is 2.28. The van der Waals surface area contributed by atoms with Crippen LogP contribution in [0.3, 0.4) is 0 Å². The van der Waals surface area contributed by atoms with Crippen LogP contribution < -0.4 is 5.32 Å². The van der Waals surface area contributed by atoms with Crippen molar-refractivity contribution >= 4 is 0 Å². The number of rotatable bonds is 4. The Bertz CT molecular complexity index is 440. The molecule has 0 saturated heterocycles. The van der Waals surface area contributed by atoms with Crippen molar-refractivity contribution in [3.8, 4) is 0 Å². The second-order valence-electron chi connectivity index (χ2n) is 6.46. The van der Waals surface area contributed by atoms with Gasteiger partial charge in [-0.1, -0.05) is 33.1 Å². The lowest BCUT2D eigenvalue weighted by atomic mass is 9.83. The van der Waals surface area contributed by atoms with Crippen LogP contribution >= 0.6 is 0 Å². The third kappa shape index (κ3) is 2.90. The summed E-state index contributed by atoms with van der Waals surface area (Å²) in [4.78, 5) is 4.74. The minimum absolute atomic E-state index is 0.428. The predicted molar refractivity (Wildman–Crippen MR) is 80.5 cm³/mol. The van der Waals surface area contributed by atoms with Gasteiger partial charge in [0.05, 0.1) is 6.04 Å². The fourth-order valence-electron chi connectivity index (χ4n) is 3.80. The quantitative estimate of drug-likeness (QED) is 0.918. The molecule has 1 aromatic heterocycles. The highest BCUT2D eigenvalue weighted by atomic mass is 15.4. The summed E-state index contributed by atoms with van der Waals surface area (Å²) in [6.07, 6.45) is 10.2. The normalized spacial score (nSPS) is 30.2. The van der Waals surface area contributed by atoms with Gasteiger partial charge < -0.3 is 5.32 Å². The van der Waals surface area contributed by atoms with Crippen molar-refractivity contribution in [2.45, 2.75) is 83.8 Å². The number of nitrogens with zero attached hydrogens (tertiary/aromatic N) is 3. The standard InChI is InChI=1S/C16H28N4/c1-3-12-7-5-8-13(11-12)17-14-9-6-10-20-16(14)18-15(4-2)19-20/h12-14,17H,3-11H2,1-2H3/t12-,13-,14-/m0/s1. The van der Waals surface area contributed by atoms with Gasteiger partial charge in [0.2, 0.25) is 0 Å². The lowest BCUT2D eigenvalue weighted by Gasteiger charge is -2.33. The third-order valence-electron chi connectivity index (χ3n) is 5.03. The van der Waals surface area contributed by atoms with E-state index >= 15 is 0 Å². The van der Waals surface area contributed by atoms with E-state index in [2.05, 4.69) is 28.9 Å². The fourth-order valence-corrected chi connectivity index (χ4v) is 3.80. The van der Waals surface area contributed by atoms with E-state index in [4.69, 9.17) is 4.98 Å². The van der Waals surface area contributed by atoms with Crippen LogP contribution in [0.25, 0.3) is 0 Å². The van der Waals surface area contributed by atoms with Gasteiger partial charge in [-0.2, -0.15) is 5.10 Å². The van der Waals surface area contributed by atoms with Crippen molar-refractivity contribution in [3.05, 3.63) is 11.6 Å². The number of nitrogens with one attached hydrogen (secondary N) is 1. The summed E-state index contributed by atoms with van der Waals surface area (Å²) in [5, 5.41) is 8.50. The molecule has 0 aromatic carbocycles. The molecule has 1 aliphatic carbocycles. The molecule has 0 radical (unpaired) electrons. The molecule has 1 N–H and O–H groups in total. The van der Waals surface area contributed by atoms with Gasteiger partial charge in [0, 0.05) is 19.0 Å². The smallest absolute Gasteiger partial charge is 0.150 e. The topological polar surface area (TPSA) is 42.7 Å². The Balaban J connectivity index is 1.68. The summed E-state index contributed by atoms with van der Waals surface area (Å²) in [7, 11) is 0. The first kappa shape index (κ1) is 14.1. The summed E-state index contributed by atoms with van der Waals surface area (Å²) in [6, 6.07) is 1.11. The molecular formula is C16H28N4. The van der Waals surface area contributed by atoms with Gasteiger partial charge in [-0.25, -0.2) is 9.67 Å². The average Bonchev–Trinajstić information content (AvgIpc) is 2.92. The first-order valence-electron chi connectivity index (χ1n) is 8.49. The minimum Gasteiger partial charge on any atom is -0.304 e. The first-order chi connectivity index (χ1) is 9.80. The maximum atomic E-state index is 4.74. The fraction of sp³-hybridized carbons (Fsp3) is 0.875. The van der Waals surface area contributed by atoms with Gasteiger partial charge in [0.1, 0.15) is 5.82 Å².